The van der Waals surface area contributed by atoms with Gasteiger partial charge in [-0.2, -0.15) is 0 Å². The smallest absolute Gasteiger partial charge is 0.191 e. The van der Waals surface area contributed by atoms with Gasteiger partial charge < -0.3 is 10.6 Å². The van der Waals surface area contributed by atoms with Crippen LogP contribution in [0, 0.1) is 18.8 Å². The van der Waals surface area contributed by atoms with Crippen LogP contribution < -0.4 is 10.6 Å². The van der Waals surface area contributed by atoms with Crippen molar-refractivity contribution < 1.29 is 0 Å². The van der Waals surface area contributed by atoms with E-state index in [1.165, 1.54) is 35.8 Å². The maximum atomic E-state index is 4.41. The van der Waals surface area contributed by atoms with Gasteiger partial charge in [0.1, 0.15) is 0 Å². The highest BCUT2D eigenvalue weighted by molar-refractivity contribution is 7.11. The number of guanidine groups is 1. The zero-order valence-corrected chi connectivity index (χ0v) is 17.3. The molecule has 1 fully saturated rings. The average Bonchev–Trinajstić information content (AvgIpc) is 3.00. The van der Waals surface area contributed by atoms with Gasteiger partial charge in [0, 0.05) is 43.7 Å². The number of hydrogen-bond donors (Lipinski definition) is 2. The number of piperidine rings is 1. The Bertz CT molecular complexity index is 532. The van der Waals surface area contributed by atoms with Crippen LogP contribution in [0.2, 0.25) is 0 Å². The molecule has 5 nitrogen and oxygen atoms in total. The molecular formula is C19H35N5S. The minimum absolute atomic E-state index is 0.563. The zero-order chi connectivity index (χ0) is 18.2. The summed E-state index contributed by atoms with van der Waals surface area (Å²) in [5, 5.41) is 8.13. The number of likely N-dealkylation sites (tertiary alicyclic amines) is 1. The molecule has 1 atom stereocenters. The summed E-state index contributed by atoms with van der Waals surface area (Å²) in [5.41, 5.74) is 0. The minimum Gasteiger partial charge on any atom is -0.356 e. The third-order valence-electron chi connectivity index (χ3n) is 5.06. The first-order valence-electron chi connectivity index (χ1n) is 9.59. The molecular weight excluding hydrogens is 330 g/mol. The van der Waals surface area contributed by atoms with E-state index in [2.05, 4.69) is 53.2 Å². The highest BCUT2D eigenvalue weighted by atomic mass is 32.1. The van der Waals surface area contributed by atoms with Gasteiger partial charge in [-0.3, -0.25) is 9.89 Å². The molecule has 2 heterocycles. The maximum absolute atomic E-state index is 4.41. The van der Waals surface area contributed by atoms with Gasteiger partial charge in [-0.15, -0.1) is 11.3 Å². The van der Waals surface area contributed by atoms with E-state index in [0.29, 0.717) is 12.0 Å². The van der Waals surface area contributed by atoms with Crippen LogP contribution in [0.4, 0.5) is 0 Å². The number of hydrogen-bond acceptors (Lipinski definition) is 4. The lowest BCUT2D eigenvalue weighted by molar-refractivity contribution is 0.110. The lowest BCUT2D eigenvalue weighted by Gasteiger charge is -2.39. The van der Waals surface area contributed by atoms with Gasteiger partial charge in [0.2, 0.25) is 0 Å². The molecule has 0 bridgehead atoms. The van der Waals surface area contributed by atoms with Crippen molar-refractivity contribution >= 4 is 17.3 Å². The molecule has 1 aliphatic rings. The largest absolute Gasteiger partial charge is 0.356 e. The van der Waals surface area contributed by atoms with Crippen LogP contribution in [0.1, 0.15) is 43.5 Å². The molecule has 0 aliphatic carbocycles. The van der Waals surface area contributed by atoms with Crippen molar-refractivity contribution in [2.75, 3.05) is 33.2 Å². The molecule has 6 heteroatoms. The van der Waals surface area contributed by atoms with Crippen molar-refractivity contribution in [3.63, 3.8) is 0 Å². The number of aromatic nitrogens is 1. The maximum Gasteiger partial charge on any atom is 0.191 e. The normalized spacial score (nSPS) is 18.6. The average molecular weight is 366 g/mol. The Morgan fingerprint density at radius 2 is 2.08 bits per heavy atom. The molecule has 0 amide bonds. The van der Waals surface area contributed by atoms with Crippen molar-refractivity contribution in [1.82, 2.24) is 20.5 Å². The van der Waals surface area contributed by atoms with Crippen LogP contribution in [0.5, 0.6) is 0 Å². The number of nitrogens with zero attached hydrogens (tertiary/aromatic N) is 3. The molecule has 0 radical (unpaired) electrons. The quantitative estimate of drug-likeness (QED) is 0.576. The van der Waals surface area contributed by atoms with Crippen molar-refractivity contribution in [1.29, 1.82) is 0 Å². The summed E-state index contributed by atoms with van der Waals surface area (Å²) in [6.45, 7) is 13.4. The second kappa shape index (κ2) is 10.1. The topological polar surface area (TPSA) is 52.6 Å². The van der Waals surface area contributed by atoms with E-state index in [4.69, 9.17) is 0 Å². The predicted octanol–water partition coefficient (Wildman–Crippen LogP) is 2.92. The van der Waals surface area contributed by atoms with Crippen LogP contribution in [-0.4, -0.2) is 55.1 Å². The Labute approximate surface area is 157 Å². The lowest BCUT2D eigenvalue weighted by Crippen LogP contribution is -2.51. The van der Waals surface area contributed by atoms with E-state index in [1.54, 1.807) is 11.3 Å². The number of aryl methyl sites for hydroxylation is 1. The van der Waals surface area contributed by atoms with E-state index in [-0.39, 0.29) is 0 Å². The predicted molar refractivity (Wildman–Crippen MR) is 109 cm³/mol. The first kappa shape index (κ1) is 20.2. The summed E-state index contributed by atoms with van der Waals surface area (Å²) in [6, 6.07) is 0.563. The fourth-order valence-corrected chi connectivity index (χ4v) is 4.16. The van der Waals surface area contributed by atoms with Crippen molar-refractivity contribution in [2.45, 2.75) is 53.0 Å². The van der Waals surface area contributed by atoms with Crippen LogP contribution >= 0.6 is 11.3 Å². The van der Waals surface area contributed by atoms with E-state index in [9.17, 15) is 0 Å². The van der Waals surface area contributed by atoms with Gasteiger partial charge in [-0.1, -0.05) is 20.8 Å². The van der Waals surface area contributed by atoms with E-state index in [0.717, 1.165) is 31.4 Å². The second-order valence-corrected chi connectivity index (χ2v) is 8.84. The van der Waals surface area contributed by atoms with Gasteiger partial charge >= 0.3 is 0 Å². The van der Waals surface area contributed by atoms with E-state index >= 15 is 0 Å². The Hall–Kier alpha value is -1.14. The SMILES string of the molecule is CN=C(NCCc1ncc(C)s1)NCC(C(C)C)N1CCC(C)CC1. The van der Waals surface area contributed by atoms with E-state index in [1.807, 2.05) is 13.2 Å². The molecule has 25 heavy (non-hydrogen) atoms. The fourth-order valence-electron chi connectivity index (χ4n) is 3.37. The summed E-state index contributed by atoms with van der Waals surface area (Å²) >= 11 is 1.77. The molecule has 1 aromatic heterocycles. The van der Waals surface area contributed by atoms with Crippen molar-refractivity contribution in [3.8, 4) is 0 Å². The molecule has 2 rings (SSSR count). The number of nitrogens with one attached hydrogen (secondary N) is 2. The molecule has 1 aromatic rings. The van der Waals surface area contributed by atoms with Gasteiger partial charge in [-0.05, 0) is 44.7 Å². The standard InChI is InChI=1S/C19H35N5S/c1-14(2)17(24-10-7-15(3)8-11-24)13-23-19(20-5)21-9-6-18-22-12-16(4)25-18/h12,14-15,17H,6-11,13H2,1-5H3,(H2,20,21,23). The molecule has 1 saturated heterocycles. The van der Waals surface area contributed by atoms with Gasteiger partial charge in [0.05, 0.1) is 5.01 Å². The first-order chi connectivity index (χ1) is 12.0. The molecule has 0 spiro atoms. The summed E-state index contributed by atoms with van der Waals surface area (Å²) in [6.07, 6.45) is 5.53. The minimum atomic E-state index is 0.563. The molecule has 0 saturated carbocycles. The van der Waals surface area contributed by atoms with Crippen LogP contribution in [-0.2, 0) is 6.42 Å². The molecule has 1 aliphatic heterocycles. The number of aliphatic imine (C=N–C) groups is 1. The number of rotatable bonds is 7. The molecule has 0 aromatic carbocycles. The fraction of sp³-hybridized carbons (Fsp3) is 0.789. The first-order valence-corrected chi connectivity index (χ1v) is 10.4. The lowest BCUT2D eigenvalue weighted by atomic mass is 9.94. The zero-order valence-electron chi connectivity index (χ0n) is 16.5. The van der Waals surface area contributed by atoms with Crippen molar-refractivity contribution in [3.05, 3.63) is 16.1 Å². The van der Waals surface area contributed by atoms with Gasteiger partial charge in [-0.25, -0.2) is 4.98 Å². The Balaban J connectivity index is 1.77. The third-order valence-corrected chi connectivity index (χ3v) is 6.03. The second-order valence-electron chi connectivity index (χ2n) is 7.52. The molecule has 2 N–H and O–H groups in total. The summed E-state index contributed by atoms with van der Waals surface area (Å²) in [4.78, 5) is 12.7. The summed E-state index contributed by atoms with van der Waals surface area (Å²) < 4.78 is 0. The summed E-state index contributed by atoms with van der Waals surface area (Å²) in [7, 11) is 1.84. The third kappa shape index (κ3) is 6.59. The van der Waals surface area contributed by atoms with Gasteiger partial charge in [0.15, 0.2) is 5.96 Å². The Morgan fingerprint density at radius 3 is 2.64 bits per heavy atom. The van der Waals surface area contributed by atoms with Gasteiger partial charge in [0.25, 0.3) is 0 Å². The number of thiazole rings is 1. The van der Waals surface area contributed by atoms with Crippen LogP contribution in [0.15, 0.2) is 11.2 Å². The summed E-state index contributed by atoms with van der Waals surface area (Å²) in [5.74, 6) is 2.41. The highest BCUT2D eigenvalue weighted by Crippen LogP contribution is 2.21. The highest BCUT2D eigenvalue weighted by Gasteiger charge is 2.25. The van der Waals surface area contributed by atoms with Crippen LogP contribution in [0.3, 0.4) is 0 Å². The monoisotopic (exact) mass is 365 g/mol. The van der Waals surface area contributed by atoms with Crippen LogP contribution in [0.25, 0.3) is 0 Å². The Morgan fingerprint density at radius 1 is 1.36 bits per heavy atom. The van der Waals surface area contributed by atoms with E-state index < -0.39 is 0 Å². The Kier molecular flexibility index (Phi) is 8.16. The van der Waals surface area contributed by atoms with Crippen molar-refractivity contribution in [2.24, 2.45) is 16.8 Å². The molecule has 142 valence electrons. The molecule has 1 unspecified atom stereocenters.